The molecule has 0 unspecified atom stereocenters. The lowest BCUT2D eigenvalue weighted by Crippen LogP contribution is -2.01. The molecule has 0 bridgehead atoms. The summed E-state index contributed by atoms with van der Waals surface area (Å²) in [5, 5.41) is 8.70. The highest BCUT2D eigenvalue weighted by atomic mass is 19.2. The molecule has 0 saturated heterocycles. The SMILES string of the molecule is N#CCCCn1c(-c2ccc(F)c(F)c2)nc2ccccc21. The Hall–Kier alpha value is -2.74. The number of hydrogen-bond donors (Lipinski definition) is 0. The van der Waals surface area contributed by atoms with Crippen LogP contribution in [0, 0.1) is 23.0 Å². The standard InChI is InChI=1S/C17H13F2N3/c18-13-8-7-12(11-14(13)19)17-21-15-5-1-2-6-16(15)22(17)10-4-3-9-20/h1-2,5-8,11H,3-4,10H2. The maximum atomic E-state index is 13.5. The smallest absolute Gasteiger partial charge is 0.159 e. The second-order valence-corrected chi connectivity index (χ2v) is 4.97. The molecule has 0 fully saturated rings. The van der Waals surface area contributed by atoms with Gasteiger partial charge in [-0.1, -0.05) is 12.1 Å². The highest BCUT2D eigenvalue weighted by molar-refractivity contribution is 5.80. The monoisotopic (exact) mass is 297 g/mol. The zero-order valence-electron chi connectivity index (χ0n) is 11.8. The summed E-state index contributed by atoms with van der Waals surface area (Å²) in [5.74, 6) is -1.19. The molecule has 22 heavy (non-hydrogen) atoms. The first-order valence-corrected chi connectivity index (χ1v) is 6.98. The Bertz CT molecular complexity index is 862. The van der Waals surface area contributed by atoms with E-state index in [1.165, 1.54) is 6.07 Å². The third kappa shape index (κ3) is 2.56. The molecule has 0 amide bonds. The minimum atomic E-state index is -0.895. The van der Waals surface area contributed by atoms with E-state index in [1.54, 1.807) is 0 Å². The number of unbranched alkanes of at least 4 members (excludes halogenated alkanes) is 1. The second-order valence-electron chi connectivity index (χ2n) is 4.97. The number of para-hydroxylation sites is 2. The van der Waals surface area contributed by atoms with E-state index in [-0.39, 0.29) is 0 Å². The van der Waals surface area contributed by atoms with Crippen LogP contribution in [-0.2, 0) is 6.54 Å². The van der Waals surface area contributed by atoms with E-state index in [0.717, 1.165) is 23.2 Å². The van der Waals surface area contributed by atoms with Gasteiger partial charge in [-0.25, -0.2) is 13.8 Å². The van der Waals surface area contributed by atoms with E-state index in [2.05, 4.69) is 11.1 Å². The van der Waals surface area contributed by atoms with E-state index < -0.39 is 11.6 Å². The molecule has 2 aromatic carbocycles. The molecule has 5 heteroatoms. The van der Waals surface area contributed by atoms with Gasteiger partial charge in [-0.05, 0) is 36.8 Å². The molecule has 0 spiro atoms. The number of aryl methyl sites for hydroxylation is 1. The fourth-order valence-corrected chi connectivity index (χ4v) is 2.47. The lowest BCUT2D eigenvalue weighted by molar-refractivity contribution is 0.509. The van der Waals surface area contributed by atoms with Crippen LogP contribution in [0.2, 0.25) is 0 Å². The summed E-state index contributed by atoms with van der Waals surface area (Å²) in [4.78, 5) is 4.52. The fraction of sp³-hybridized carbons (Fsp3) is 0.176. The van der Waals surface area contributed by atoms with E-state index in [1.807, 2.05) is 28.8 Å². The molecule has 110 valence electrons. The highest BCUT2D eigenvalue weighted by Crippen LogP contribution is 2.26. The molecule has 1 aromatic heterocycles. The number of nitriles is 1. The Morgan fingerprint density at radius 2 is 1.91 bits per heavy atom. The van der Waals surface area contributed by atoms with Gasteiger partial charge in [0.05, 0.1) is 17.1 Å². The summed E-state index contributed by atoms with van der Waals surface area (Å²) >= 11 is 0. The normalized spacial score (nSPS) is 10.8. The summed E-state index contributed by atoms with van der Waals surface area (Å²) in [5.41, 5.74) is 2.23. The van der Waals surface area contributed by atoms with Crippen LogP contribution >= 0.6 is 0 Å². The number of imidazole rings is 1. The quantitative estimate of drug-likeness (QED) is 0.674. The van der Waals surface area contributed by atoms with E-state index in [4.69, 9.17) is 5.26 Å². The van der Waals surface area contributed by atoms with E-state index in [9.17, 15) is 8.78 Å². The summed E-state index contributed by atoms with van der Waals surface area (Å²) in [6.45, 7) is 0.600. The molecule has 3 aromatic rings. The third-order valence-corrected chi connectivity index (χ3v) is 3.50. The lowest BCUT2D eigenvalue weighted by Gasteiger charge is -2.08. The van der Waals surface area contributed by atoms with Gasteiger partial charge in [0.25, 0.3) is 0 Å². The number of halogens is 2. The van der Waals surface area contributed by atoms with Gasteiger partial charge in [0.15, 0.2) is 11.6 Å². The van der Waals surface area contributed by atoms with Crippen molar-refractivity contribution in [1.29, 1.82) is 5.26 Å². The van der Waals surface area contributed by atoms with Crippen LogP contribution in [0.3, 0.4) is 0 Å². The summed E-state index contributed by atoms with van der Waals surface area (Å²) < 4.78 is 28.6. The Kier molecular flexibility index (Phi) is 3.84. The first-order chi connectivity index (χ1) is 10.7. The molecule has 3 nitrogen and oxygen atoms in total. The zero-order valence-corrected chi connectivity index (χ0v) is 11.8. The minimum absolute atomic E-state index is 0.434. The number of aromatic nitrogens is 2. The molecular formula is C17H13F2N3. The Morgan fingerprint density at radius 1 is 1.09 bits per heavy atom. The van der Waals surface area contributed by atoms with Gasteiger partial charge in [-0.15, -0.1) is 0 Å². The summed E-state index contributed by atoms with van der Waals surface area (Å²) in [7, 11) is 0. The van der Waals surface area contributed by atoms with Gasteiger partial charge in [0, 0.05) is 18.5 Å². The largest absolute Gasteiger partial charge is 0.324 e. The predicted octanol–water partition coefficient (Wildman–Crippen LogP) is 4.29. The van der Waals surface area contributed by atoms with Crippen molar-refractivity contribution < 1.29 is 8.78 Å². The average Bonchev–Trinajstić information content (AvgIpc) is 2.89. The predicted molar refractivity (Wildman–Crippen MR) is 79.9 cm³/mol. The van der Waals surface area contributed by atoms with Crippen molar-refractivity contribution >= 4 is 11.0 Å². The van der Waals surface area contributed by atoms with Crippen LogP contribution in [0.15, 0.2) is 42.5 Å². The number of fused-ring (bicyclic) bond motifs is 1. The van der Waals surface area contributed by atoms with E-state index >= 15 is 0 Å². The molecule has 0 aliphatic heterocycles. The molecule has 0 aliphatic carbocycles. The van der Waals surface area contributed by atoms with Crippen LogP contribution in [0.5, 0.6) is 0 Å². The van der Waals surface area contributed by atoms with Gasteiger partial charge in [0.1, 0.15) is 5.82 Å². The van der Waals surface area contributed by atoms with Crippen molar-refractivity contribution in [1.82, 2.24) is 9.55 Å². The zero-order chi connectivity index (χ0) is 15.5. The maximum absolute atomic E-state index is 13.5. The van der Waals surface area contributed by atoms with Crippen molar-refractivity contribution in [2.24, 2.45) is 0 Å². The van der Waals surface area contributed by atoms with Crippen molar-refractivity contribution in [2.75, 3.05) is 0 Å². The number of benzene rings is 2. The average molecular weight is 297 g/mol. The van der Waals surface area contributed by atoms with Crippen LogP contribution in [-0.4, -0.2) is 9.55 Å². The first-order valence-electron chi connectivity index (χ1n) is 6.98. The van der Waals surface area contributed by atoms with Crippen LogP contribution in [0.1, 0.15) is 12.8 Å². The van der Waals surface area contributed by atoms with Crippen molar-refractivity contribution in [3.05, 3.63) is 54.1 Å². The maximum Gasteiger partial charge on any atom is 0.159 e. The van der Waals surface area contributed by atoms with Gasteiger partial charge in [-0.2, -0.15) is 5.26 Å². The van der Waals surface area contributed by atoms with Crippen LogP contribution < -0.4 is 0 Å². The number of rotatable bonds is 4. The Labute approximate surface area is 126 Å². The molecule has 0 saturated carbocycles. The second kappa shape index (κ2) is 5.94. The fourth-order valence-electron chi connectivity index (χ4n) is 2.47. The van der Waals surface area contributed by atoms with Crippen molar-refractivity contribution in [2.45, 2.75) is 19.4 Å². The summed E-state index contributed by atoms with van der Waals surface area (Å²) in [6, 6.07) is 13.5. The van der Waals surface area contributed by atoms with Gasteiger partial charge in [-0.3, -0.25) is 0 Å². The van der Waals surface area contributed by atoms with Gasteiger partial charge >= 0.3 is 0 Å². The molecule has 1 heterocycles. The molecule has 0 atom stereocenters. The molecule has 3 rings (SSSR count). The lowest BCUT2D eigenvalue weighted by atomic mass is 10.2. The number of nitrogens with zero attached hydrogens (tertiary/aromatic N) is 3. The summed E-state index contributed by atoms with van der Waals surface area (Å²) in [6.07, 6.45) is 1.11. The van der Waals surface area contributed by atoms with E-state index in [0.29, 0.717) is 30.8 Å². The van der Waals surface area contributed by atoms with Gasteiger partial charge in [0.2, 0.25) is 0 Å². The molecule has 0 N–H and O–H groups in total. The third-order valence-electron chi connectivity index (χ3n) is 3.50. The van der Waals surface area contributed by atoms with Crippen molar-refractivity contribution in [3.63, 3.8) is 0 Å². The van der Waals surface area contributed by atoms with Crippen LogP contribution in [0.25, 0.3) is 22.4 Å². The Balaban J connectivity index is 2.12. The molecule has 0 aliphatic rings. The Morgan fingerprint density at radius 3 is 2.68 bits per heavy atom. The number of hydrogen-bond acceptors (Lipinski definition) is 2. The van der Waals surface area contributed by atoms with Gasteiger partial charge < -0.3 is 4.57 Å². The highest BCUT2D eigenvalue weighted by Gasteiger charge is 2.14. The van der Waals surface area contributed by atoms with Crippen molar-refractivity contribution in [3.8, 4) is 17.5 Å². The minimum Gasteiger partial charge on any atom is -0.324 e. The van der Waals surface area contributed by atoms with Crippen LogP contribution in [0.4, 0.5) is 8.78 Å². The molecular weight excluding hydrogens is 284 g/mol. The topological polar surface area (TPSA) is 41.6 Å². The molecule has 0 radical (unpaired) electrons. The first kappa shape index (κ1) is 14.2.